The van der Waals surface area contributed by atoms with Crippen molar-refractivity contribution in [1.82, 2.24) is 0 Å². The molecule has 130 valence electrons. The Labute approximate surface area is 185 Å². The van der Waals surface area contributed by atoms with E-state index in [0.717, 1.165) is 3.82 Å². The molecule has 0 N–H and O–H groups in total. The number of benzene rings is 1. The van der Waals surface area contributed by atoms with Crippen molar-refractivity contribution in [3.63, 3.8) is 0 Å². The molecular formula is C16H12S9. The summed E-state index contributed by atoms with van der Waals surface area (Å²) in [7, 11) is 0. The summed E-state index contributed by atoms with van der Waals surface area (Å²) in [6, 6.07) is 6.69. The predicted molar refractivity (Wildman–Crippen MR) is 131 cm³/mol. The quantitative estimate of drug-likeness (QED) is 0.401. The molecule has 0 saturated heterocycles. The molecule has 0 nitrogen and oxygen atoms in total. The first-order valence-electron chi connectivity index (χ1n) is 7.12. The molecule has 1 aromatic carbocycles. The molecule has 0 spiro atoms. The third-order valence-electron chi connectivity index (χ3n) is 3.33. The number of aryl methyl sites for hydroxylation is 1. The lowest BCUT2D eigenvalue weighted by Gasteiger charge is -1.95. The van der Waals surface area contributed by atoms with Crippen LogP contribution in [-0.4, -0.2) is 12.5 Å². The number of hydrogen-bond acceptors (Lipinski definition) is 9. The van der Waals surface area contributed by atoms with Crippen LogP contribution in [0.3, 0.4) is 0 Å². The summed E-state index contributed by atoms with van der Waals surface area (Å²) in [6.45, 7) is 2.15. The van der Waals surface area contributed by atoms with E-state index in [2.05, 4.69) is 37.6 Å². The van der Waals surface area contributed by atoms with Gasteiger partial charge >= 0.3 is 0 Å². The molecule has 0 amide bonds. The van der Waals surface area contributed by atoms with Crippen LogP contribution in [0, 0.1) is 10.7 Å². The van der Waals surface area contributed by atoms with Crippen molar-refractivity contribution in [2.45, 2.75) is 16.7 Å². The number of fused-ring (bicyclic) bond motifs is 1. The van der Waals surface area contributed by atoms with E-state index in [1.165, 1.54) is 40.7 Å². The fraction of sp³-hybridized carbons (Fsp3) is 0.188. The first-order valence-corrected chi connectivity index (χ1v) is 14.9. The molecule has 0 bridgehead atoms. The van der Waals surface area contributed by atoms with Crippen molar-refractivity contribution in [3.05, 3.63) is 44.4 Å². The first-order chi connectivity index (χ1) is 12.1. The van der Waals surface area contributed by atoms with Crippen molar-refractivity contribution in [3.8, 4) is 0 Å². The zero-order valence-corrected chi connectivity index (χ0v) is 20.8. The predicted octanol–water partition coefficient (Wildman–Crippen LogP) is 7.21. The van der Waals surface area contributed by atoms with Crippen LogP contribution >= 0.6 is 105 Å². The van der Waals surface area contributed by atoms with E-state index < -0.39 is 0 Å². The highest BCUT2D eigenvalue weighted by molar-refractivity contribution is 8.45. The maximum absolute atomic E-state index is 5.72. The van der Waals surface area contributed by atoms with Crippen LogP contribution in [0.1, 0.15) is 5.56 Å². The molecule has 2 aliphatic rings. The Bertz CT molecular complexity index is 1040. The van der Waals surface area contributed by atoms with E-state index in [0.29, 0.717) is 0 Å². The van der Waals surface area contributed by atoms with E-state index in [4.69, 9.17) is 12.2 Å². The zero-order valence-electron chi connectivity index (χ0n) is 13.4. The molecule has 4 rings (SSSR count). The number of rotatable bonds is 2. The summed E-state index contributed by atoms with van der Waals surface area (Å²) in [6.07, 6.45) is 4.31. The molecule has 0 fully saturated rings. The minimum Gasteiger partial charge on any atom is -0.121 e. The van der Waals surface area contributed by atoms with E-state index in [-0.39, 0.29) is 0 Å². The molecule has 1 aromatic heterocycles. The van der Waals surface area contributed by atoms with Crippen molar-refractivity contribution >= 4 is 114 Å². The van der Waals surface area contributed by atoms with Gasteiger partial charge in [-0.1, -0.05) is 65.3 Å². The summed E-state index contributed by atoms with van der Waals surface area (Å²) in [5.74, 6) is 0. The lowest BCUT2D eigenvalue weighted by atomic mass is 10.2. The monoisotopic (exact) mass is 492 g/mol. The molecule has 2 aliphatic heterocycles. The molecule has 0 radical (unpaired) electrons. The van der Waals surface area contributed by atoms with Crippen LogP contribution in [0.4, 0.5) is 0 Å². The number of thioether (sulfide) groups is 6. The molecule has 2 aromatic rings. The summed E-state index contributed by atoms with van der Waals surface area (Å²) < 4.78 is 9.22. The molecule has 0 unspecified atom stereocenters. The Balaban J connectivity index is 1.76. The molecule has 0 atom stereocenters. The Morgan fingerprint density at radius 2 is 1.52 bits per heavy atom. The van der Waals surface area contributed by atoms with Gasteiger partial charge in [0.1, 0.15) is 7.67 Å². The molecule has 25 heavy (non-hydrogen) atoms. The van der Waals surface area contributed by atoms with Gasteiger partial charge in [-0.2, -0.15) is 0 Å². The highest BCUT2D eigenvalue weighted by Crippen LogP contribution is 2.57. The third-order valence-corrected chi connectivity index (χ3v) is 14.9. The van der Waals surface area contributed by atoms with E-state index >= 15 is 0 Å². The van der Waals surface area contributed by atoms with Crippen LogP contribution < -0.4 is 8.38 Å². The van der Waals surface area contributed by atoms with Gasteiger partial charge in [-0.05, 0) is 37.1 Å². The standard InChI is InChI=1S/C16H12S9/c1-7-4-5-8-9(6-7)21-12(20-8)10-11(17)23-15(22-10)16-24-13(18-2)14(19-3)25-16/h4-6H,1-3H3/b12-10-. The molecule has 0 aliphatic carbocycles. The summed E-state index contributed by atoms with van der Waals surface area (Å²) in [5.41, 5.74) is 1.32. The van der Waals surface area contributed by atoms with Gasteiger partial charge < -0.3 is 0 Å². The average Bonchev–Trinajstić information content (AvgIpc) is 3.29. The van der Waals surface area contributed by atoms with Crippen molar-refractivity contribution in [1.29, 1.82) is 0 Å². The minimum absolute atomic E-state index is 1.02. The van der Waals surface area contributed by atoms with Crippen LogP contribution in [0.15, 0.2) is 36.5 Å². The van der Waals surface area contributed by atoms with Gasteiger partial charge in [-0.25, -0.2) is 0 Å². The normalized spacial score (nSPS) is 19.1. The lowest BCUT2D eigenvalue weighted by molar-refractivity contribution is 1.23. The second-order valence-electron chi connectivity index (χ2n) is 5.02. The van der Waals surface area contributed by atoms with E-state index in [9.17, 15) is 0 Å². The Morgan fingerprint density at radius 3 is 2.20 bits per heavy atom. The Morgan fingerprint density at radius 1 is 0.840 bits per heavy atom. The Hall–Kier alpha value is 1.07. The van der Waals surface area contributed by atoms with Gasteiger partial charge in [-0.15, -0.1) is 46.2 Å². The van der Waals surface area contributed by atoms with Crippen LogP contribution in [0.2, 0.25) is 0 Å². The van der Waals surface area contributed by atoms with Gasteiger partial charge in [0.25, 0.3) is 0 Å². The zero-order chi connectivity index (χ0) is 17.6. The van der Waals surface area contributed by atoms with Crippen LogP contribution in [-0.2, 0) is 0 Å². The third kappa shape index (κ3) is 3.96. The fourth-order valence-electron chi connectivity index (χ4n) is 2.19. The van der Waals surface area contributed by atoms with Crippen molar-refractivity contribution in [2.24, 2.45) is 0 Å². The fourth-order valence-corrected chi connectivity index (χ4v) is 13.5. The van der Waals surface area contributed by atoms with Crippen molar-refractivity contribution < 1.29 is 0 Å². The first kappa shape index (κ1) is 19.4. The molecular weight excluding hydrogens is 481 g/mol. The van der Waals surface area contributed by atoms with Gasteiger partial charge in [0.2, 0.25) is 0 Å². The minimum atomic E-state index is 1.02. The van der Waals surface area contributed by atoms with Gasteiger partial charge in [0.05, 0.1) is 21.5 Å². The van der Waals surface area contributed by atoms with Crippen LogP contribution in [0.5, 0.6) is 0 Å². The smallest absolute Gasteiger partial charge is 0.110 e. The summed E-state index contributed by atoms with van der Waals surface area (Å²) in [4.78, 5) is 2.72. The topological polar surface area (TPSA) is 0 Å². The lowest BCUT2D eigenvalue weighted by Crippen LogP contribution is -1.96. The summed E-state index contributed by atoms with van der Waals surface area (Å²) >= 11 is 20.6. The molecule has 9 heteroatoms. The van der Waals surface area contributed by atoms with Crippen molar-refractivity contribution in [2.75, 3.05) is 12.5 Å². The summed E-state index contributed by atoms with van der Waals surface area (Å²) in [5, 5.41) is 0. The molecule has 3 heterocycles. The largest absolute Gasteiger partial charge is 0.121 e. The maximum atomic E-state index is 5.72. The highest BCUT2D eigenvalue weighted by atomic mass is 32.3. The Kier molecular flexibility index (Phi) is 6.36. The van der Waals surface area contributed by atoms with Crippen LogP contribution in [0.25, 0.3) is 8.47 Å². The highest BCUT2D eigenvalue weighted by Gasteiger charge is 2.23. The average molecular weight is 493 g/mol. The van der Waals surface area contributed by atoms with E-state index in [1.807, 2.05) is 81.9 Å². The van der Waals surface area contributed by atoms with Gasteiger partial charge in [0.15, 0.2) is 0 Å². The van der Waals surface area contributed by atoms with Gasteiger partial charge in [-0.3, -0.25) is 0 Å². The van der Waals surface area contributed by atoms with E-state index in [1.54, 1.807) is 11.3 Å². The SMILES string of the molecule is CSC1=C(SC)SC(=c2sc(=S)/c(=C3\Sc4ccc(C)cc4S3)s2)S1. The number of hydrogen-bond donors (Lipinski definition) is 0. The van der Waals surface area contributed by atoms with Gasteiger partial charge in [0, 0.05) is 9.79 Å². The maximum Gasteiger partial charge on any atom is 0.110 e. The molecule has 0 saturated carbocycles. The second-order valence-corrected chi connectivity index (χ2v) is 14.8. The second kappa shape index (κ2) is 8.21.